The Labute approximate surface area is 175 Å². The summed E-state index contributed by atoms with van der Waals surface area (Å²) in [5, 5.41) is 19.4. The molecule has 4 aromatic rings. The number of nitrogens with one attached hydrogen (secondary N) is 1. The molecule has 0 fully saturated rings. The SMILES string of the molecule is Cc1c(C(=O)O)cccc1-c1ccc(/C=C(\Sc2nc3ccccc3[nH]2)C(=O)O)o1. The van der Waals surface area contributed by atoms with Gasteiger partial charge in [0.05, 0.1) is 16.6 Å². The third-order valence-corrected chi connectivity index (χ3v) is 5.41. The number of hydrogen-bond donors (Lipinski definition) is 3. The van der Waals surface area contributed by atoms with E-state index in [1.165, 1.54) is 12.1 Å². The normalized spacial score (nSPS) is 11.7. The van der Waals surface area contributed by atoms with Gasteiger partial charge < -0.3 is 19.6 Å². The molecule has 0 aliphatic carbocycles. The summed E-state index contributed by atoms with van der Waals surface area (Å²) < 4.78 is 5.79. The maximum absolute atomic E-state index is 11.7. The van der Waals surface area contributed by atoms with Crippen LogP contribution in [0.3, 0.4) is 0 Å². The first kappa shape index (κ1) is 19.5. The second-order valence-electron chi connectivity index (χ2n) is 6.46. The molecule has 0 atom stereocenters. The van der Waals surface area contributed by atoms with E-state index in [9.17, 15) is 19.8 Å². The number of nitrogens with zero attached hydrogens (tertiary/aromatic N) is 1. The highest BCUT2D eigenvalue weighted by Gasteiger charge is 2.16. The summed E-state index contributed by atoms with van der Waals surface area (Å²) in [6.07, 6.45) is 1.42. The fourth-order valence-corrected chi connectivity index (χ4v) is 3.83. The standard InChI is InChI=1S/C22H16N2O5S/c1-12-14(5-4-6-15(12)20(25)26)18-10-9-13(29-18)11-19(21(27)28)30-22-23-16-7-2-3-8-17(16)24-22/h2-11H,1H3,(H,23,24)(H,25,26)(H,27,28)/b19-11-. The minimum atomic E-state index is -1.11. The van der Waals surface area contributed by atoms with Crippen molar-refractivity contribution < 1.29 is 24.2 Å². The lowest BCUT2D eigenvalue weighted by Gasteiger charge is -2.06. The lowest BCUT2D eigenvalue weighted by Crippen LogP contribution is -2.00. The van der Waals surface area contributed by atoms with Crippen LogP contribution in [-0.2, 0) is 4.79 Å². The van der Waals surface area contributed by atoms with Gasteiger partial charge in [0.15, 0.2) is 5.16 Å². The summed E-state index contributed by atoms with van der Waals surface area (Å²) in [6.45, 7) is 1.71. The van der Waals surface area contributed by atoms with Gasteiger partial charge in [0.1, 0.15) is 16.4 Å². The molecule has 2 heterocycles. The molecule has 0 aliphatic heterocycles. The largest absolute Gasteiger partial charge is 0.478 e. The number of furan rings is 1. The van der Waals surface area contributed by atoms with Crippen LogP contribution in [0.25, 0.3) is 28.4 Å². The zero-order valence-corrected chi connectivity index (χ0v) is 16.6. The second kappa shape index (κ2) is 7.92. The molecule has 3 N–H and O–H groups in total. The van der Waals surface area contributed by atoms with Crippen molar-refractivity contribution in [1.82, 2.24) is 9.97 Å². The van der Waals surface area contributed by atoms with Crippen LogP contribution >= 0.6 is 11.8 Å². The maximum Gasteiger partial charge on any atom is 0.342 e. The van der Waals surface area contributed by atoms with Gasteiger partial charge >= 0.3 is 11.9 Å². The van der Waals surface area contributed by atoms with Crippen molar-refractivity contribution in [3.8, 4) is 11.3 Å². The Hall–Kier alpha value is -3.78. The molecule has 150 valence electrons. The van der Waals surface area contributed by atoms with E-state index in [0.717, 1.165) is 22.8 Å². The summed E-state index contributed by atoms with van der Waals surface area (Å²) in [4.78, 5) is 30.6. The van der Waals surface area contributed by atoms with Gasteiger partial charge in [-0.3, -0.25) is 0 Å². The molecule has 7 nitrogen and oxygen atoms in total. The van der Waals surface area contributed by atoms with Gasteiger partial charge in [-0.25, -0.2) is 14.6 Å². The van der Waals surface area contributed by atoms with E-state index in [2.05, 4.69) is 9.97 Å². The molecule has 4 rings (SSSR count). The number of carboxylic acid groups (broad SMARTS) is 2. The molecule has 2 aromatic carbocycles. The van der Waals surface area contributed by atoms with Crippen molar-refractivity contribution >= 4 is 40.8 Å². The van der Waals surface area contributed by atoms with Crippen LogP contribution in [0.15, 0.2) is 69.1 Å². The van der Waals surface area contributed by atoms with Crippen molar-refractivity contribution in [2.24, 2.45) is 0 Å². The lowest BCUT2D eigenvalue weighted by molar-refractivity contribution is -0.131. The number of fused-ring (bicyclic) bond motifs is 1. The number of aromatic amines is 1. The Morgan fingerprint density at radius 2 is 1.87 bits per heavy atom. The zero-order chi connectivity index (χ0) is 21.3. The summed E-state index contributed by atoms with van der Waals surface area (Å²) in [5.41, 5.74) is 2.96. The molecule has 0 bridgehead atoms. The van der Waals surface area contributed by atoms with Gasteiger partial charge in [0, 0.05) is 11.6 Å². The Balaban J connectivity index is 1.65. The average molecular weight is 420 g/mol. The van der Waals surface area contributed by atoms with E-state index in [4.69, 9.17) is 4.42 Å². The number of aromatic nitrogens is 2. The van der Waals surface area contributed by atoms with Gasteiger partial charge in [-0.2, -0.15) is 0 Å². The highest BCUT2D eigenvalue weighted by atomic mass is 32.2. The van der Waals surface area contributed by atoms with Crippen LogP contribution in [0.5, 0.6) is 0 Å². The third kappa shape index (κ3) is 3.85. The molecule has 0 spiro atoms. The zero-order valence-electron chi connectivity index (χ0n) is 15.7. The van der Waals surface area contributed by atoms with Gasteiger partial charge in [-0.1, -0.05) is 24.3 Å². The fraction of sp³-hybridized carbons (Fsp3) is 0.0455. The van der Waals surface area contributed by atoms with Crippen LogP contribution in [0.4, 0.5) is 0 Å². The number of imidazole rings is 1. The number of thioether (sulfide) groups is 1. The topological polar surface area (TPSA) is 116 Å². The predicted molar refractivity (Wildman–Crippen MR) is 113 cm³/mol. The van der Waals surface area contributed by atoms with Crippen LogP contribution in [0.1, 0.15) is 21.7 Å². The first-order valence-electron chi connectivity index (χ1n) is 8.93. The predicted octanol–water partition coefficient (Wildman–Crippen LogP) is 5.05. The number of carboxylic acids is 2. The summed E-state index contributed by atoms with van der Waals surface area (Å²) in [7, 11) is 0. The lowest BCUT2D eigenvalue weighted by atomic mass is 10.0. The van der Waals surface area contributed by atoms with Crippen molar-refractivity contribution in [3.05, 3.63) is 76.4 Å². The maximum atomic E-state index is 11.7. The quantitative estimate of drug-likeness (QED) is 0.295. The monoisotopic (exact) mass is 420 g/mol. The van der Waals surface area contributed by atoms with E-state index < -0.39 is 11.9 Å². The minimum absolute atomic E-state index is 0.0333. The molecule has 0 amide bonds. The number of aromatic carboxylic acids is 1. The third-order valence-electron chi connectivity index (χ3n) is 4.51. The Morgan fingerprint density at radius 3 is 2.60 bits per heavy atom. The van der Waals surface area contributed by atoms with Crippen molar-refractivity contribution in [2.45, 2.75) is 12.1 Å². The van der Waals surface area contributed by atoms with E-state index in [-0.39, 0.29) is 10.5 Å². The molecular formula is C22H16N2O5S. The summed E-state index contributed by atoms with van der Waals surface area (Å²) >= 11 is 0.989. The molecule has 0 saturated carbocycles. The van der Waals surface area contributed by atoms with Crippen LogP contribution in [0.2, 0.25) is 0 Å². The molecule has 2 aromatic heterocycles. The molecule has 0 saturated heterocycles. The number of para-hydroxylation sites is 2. The number of aliphatic carboxylic acids is 1. The first-order valence-corrected chi connectivity index (χ1v) is 9.75. The number of hydrogen-bond acceptors (Lipinski definition) is 5. The van der Waals surface area contributed by atoms with Crippen LogP contribution in [0, 0.1) is 6.92 Å². The highest BCUT2D eigenvalue weighted by molar-refractivity contribution is 8.04. The molecule has 8 heteroatoms. The second-order valence-corrected chi connectivity index (χ2v) is 7.49. The Morgan fingerprint density at radius 1 is 1.07 bits per heavy atom. The Kier molecular flexibility index (Phi) is 5.16. The molecule has 30 heavy (non-hydrogen) atoms. The Bertz CT molecular complexity index is 1270. The smallest absolute Gasteiger partial charge is 0.342 e. The van der Waals surface area contributed by atoms with Crippen molar-refractivity contribution in [3.63, 3.8) is 0 Å². The average Bonchev–Trinajstić information content (AvgIpc) is 3.33. The molecule has 0 aliphatic rings. The van der Waals surface area contributed by atoms with E-state index in [1.54, 1.807) is 31.2 Å². The number of carbonyl (C=O) groups is 2. The molecule has 0 radical (unpaired) electrons. The van der Waals surface area contributed by atoms with Crippen molar-refractivity contribution in [2.75, 3.05) is 0 Å². The molecular weight excluding hydrogens is 404 g/mol. The van der Waals surface area contributed by atoms with E-state index in [0.29, 0.717) is 27.8 Å². The van der Waals surface area contributed by atoms with Gasteiger partial charge in [0.2, 0.25) is 0 Å². The van der Waals surface area contributed by atoms with E-state index in [1.807, 2.05) is 24.3 Å². The molecule has 0 unspecified atom stereocenters. The van der Waals surface area contributed by atoms with E-state index >= 15 is 0 Å². The van der Waals surface area contributed by atoms with Crippen molar-refractivity contribution in [1.29, 1.82) is 0 Å². The van der Waals surface area contributed by atoms with Gasteiger partial charge in [-0.05, 0) is 54.6 Å². The summed E-state index contributed by atoms with van der Waals surface area (Å²) in [6, 6.07) is 15.7. The van der Waals surface area contributed by atoms with Gasteiger partial charge in [-0.15, -0.1) is 0 Å². The first-order chi connectivity index (χ1) is 14.4. The highest BCUT2D eigenvalue weighted by Crippen LogP contribution is 2.31. The van der Waals surface area contributed by atoms with Crippen LogP contribution < -0.4 is 0 Å². The van der Waals surface area contributed by atoms with Gasteiger partial charge in [0.25, 0.3) is 0 Å². The minimum Gasteiger partial charge on any atom is -0.478 e. The summed E-state index contributed by atoms with van der Waals surface area (Å²) in [5.74, 6) is -1.33. The fourth-order valence-electron chi connectivity index (χ4n) is 3.06. The van der Waals surface area contributed by atoms with Crippen LogP contribution in [-0.4, -0.2) is 32.1 Å². The number of H-pyrrole nitrogens is 1. The number of benzene rings is 2. The number of rotatable bonds is 6.